The quantitative estimate of drug-likeness (QED) is 0.661. The summed E-state index contributed by atoms with van der Waals surface area (Å²) >= 11 is 0. The summed E-state index contributed by atoms with van der Waals surface area (Å²) in [6.07, 6.45) is 0.901. The lowest BCUT2D eigenvalue weighted by molar-refractivity contribution is -0.157. The first kappa shape index (κ1) is 14.8. The first-order valence-corrected chi connectivity index (χ1v) is 6.48. The van der Waals surface area contributed by atoms with Crippen LogP contribution in [0.1, 0.15) is 18.9 Å². The Kier molecular flexibility index (Phi) is 4.71. The van der Waals surface area contributed by atoms with E-state index in [4.69, 9.17) is 9.47 Å². The summed E-state index contributed by atoms with van der Waals surface area (Å²) < 4.78 is 9.78. The number of hydrogen-bond acceptors (Lipinski definition) is 5. The summed E-state index contributed by atoms with van der Waals surface area (Å²) in [5, 5.41) is 2.41. The standard InChI is InChI=1S/C15H15NO5/c1-10(17)16-12(9-11-5-3-2-4-6-11)14(18)21-13-7-8-20-15(13)19/h2-6,9,13H,7-8H2,1H3,(H,16,17)/b12-9-/t13-/m1/s1. The van der Waals surface area contributed by atoms with Gasteiger partial charge in [-0.15, -0.1) is 0 Å². The lowest BCUT2D eigenvalue weighted by atomic mass is 10.2. The smallest absolute Gasteiger partial charge is 0.355 e. The van der Waals surface area contributed by atoms with Gasteiger partial charge in [-0.1, -0.05) is 30.3 Å². The Morgan fingerprint density at radius 1 is 1.33 bits per heavy atom. The Hall–Kier alpha value is -2.63. The molecule has 0 aromatic heterocycles. The molecule has 1 saturated heterocycles. The molecule has 1 fully saturated rings. The number of hydrogen-bond donors (Lipinski definition) is 1. The van der Waals surface area contributed by atoms with Gasteiger partial charge in [-0.3, -0.25) is 4.79 Å². The van der Waals surface area contributed by atoms with Gasteiger partial charge in [0.25, 0.3) is 0 Å². The molecule has 1 aromatic carbocycles. The number of esters is 2. The molecule has 1 aliphatic heterocycles. The van der Waals surface area contributed by atoms with Crippen LogP contribution in [-0.2, 0) is 23.9 Å². The molecule has 0 saturated carbocycles. The average molecular weight is 289 g/mol. The minimum Gasteiger partial charge on any atom is -0.463 e. The fourth-order valence-corrected chi connectivity index (χ4v) is 1.83. The van der Waals surface area contributed by atoms with Crippen LogP contribution >= 0.6 is 0 Å². The van der Waals surface area contributed by atoms with Crippen molar-refractivity contribution in [2.75, 3.05) is 6.61 Å². The number of carbonyl (C=O) groups excluding carboxylic acids is 3. The summed E-state index contributed by atoms with van der Waals surface area (Å²) in [4.78, 5) is 34.6. The molecule has 1 aliphatic rings. The zero-order chi connectivity index (χ0) is 15.2. The van der Waals surface area contributed by atoms with Gasteiger partial charge in [-0.2, -0.15) is 0 Å². The Balaban J connectivity index is 2.15. The number of ether oxygens (including phenoxy) is 2. The highest BCUT2D eigenvalue weighted by Crippen LogP contribution is 2.13. The molecule has 0 spiro atoms. The third kappa shape index (κ3) is 4.17. The van der Waals surface area contributed by atoms with E-state index in [0.29, 0.717) is 6.42 Å². The molecule has 0 radical (unpaired) electrons. The lowest BCUT2D eigenvalue weighted by Gasteiger charge is -2.11. The van der Waals surface area contributed by atoms with Gasteiger partial charge in [0, 0.05) is 13.3 Å². The maximum absolute atomic E-state index is 12.1. The van der Waals surface area contributed by atoms with Crippen LogP contribution in [0.5, 0.6) is 0 Å². The fraction of sp³-hybridized carbons (Fsp3) is 0.267. The van der Waals surface area contributed by atoms with Crippen molar-refractivity contribution >= 4 is 23.9 Å². The Morgan fingerprint density at radius 2 is 2.05 bits per heavy atom. The normalized spacial score (nSPS) is 18.0. The number of benzene rings is 1. The largest absolute Gasteiger partial charge is 0.463 e. The maximum atomic E-state index is 12.1. The van der Waals surface area contributed by atoms with Crippen LogP contribution in [0.15, 0.2) is 36.0 Å². The van der Waals surface area contributed by atoms with Gasteiger partial charge >= 0.3 is 11.9 Å². The Bertz CT molecular complexity index is 579. The minimum absolute atomic E-state index is 0.0200. The van der Waals surface area contributed by atoms with E-state index < -0.39 is 23.9 Å². The second-order valence-corrected chi connectivity index (χ2v) is 4.50. The number of cyclic esters (lactones) is 1. The topological polar surface area (TPSA) is 81.7 Å². The van der Waals surface area contributed by atoms with Crippen molar-refractivity contribution in [3.05, 3.63) is 41.6 Å². The number of rotatable bonds is 4. The Morgan fingerprint density at radius 3 is 2.62 bits per heavy atom. The van der Waals surface area contributed by atoms with Gasteiger partial charge < -0.3 is 14.8 Å². The molecule has 0 aliphatic carbocycles. The molecule has 0 unspecified atom stereocenters. The number of nitrogens with one attached hydrogen (secondary N) is 1. The van der Waals surface area contributed by atoms with E-state index in [2.05, 4.69) is 5.32 Å². The van der Waals surface area contributed by atoms with Gasteiger partial charge in [0.2, 0.25) is 12.0 Å². The predicted molar refractivity (Wildman–Crippen MR) is 73.7 cm³/mol. The molecule has 1 heterocycles. The zero-order valence-corrected chi connectivity index (χ0v) is 11.5. The molecule has 110 valence electrons. The summed E-state index contributed by atoms with van der Waals surface area (Å²) in [5.74, 6) is -1.73. The minimum atomic E-state index is -0.912. The SMILES string of the molecule is CC(=O)N/C(=C\c1ccccc1)C(=O)O[C@@H]1CCOC1=O. The van der Waals surface area contributed by atoms with Crippen molar-refractivity contribution in [2.45, 2.75) is 19.4 Å². The monoisotopic (exact) mass is 289 g/mol. The van der Waals surface area contributed by atoms with E-state index in [-0.39, 0.29) is 12.3 Å². The van der Waals surface area contributed by atoms with Crippen LogP contribution < -0.4 is 5.32 Å². The van der Waals surface area contributed by atoms with Crippen LogP contribution in [0, 0.1) is 0 Å². The van der Waals surface area contributed by atoms with Gasteiger partial charge in [-0.25, -0.2) is 9.59 Å². The van der Waals surface area contributed by atoms with E-state index >= 15 is 0 Å². The molecule has 6 heteroatoms. The van der Waals surface area contributed by atoms with Crippen molar-refractivity contribution < 1.29 is 23.9 Å². The fourth-order valence-electron chi connectivity index (χ4n) is 1.83. The third-order valence-corrected chi connectivity index (χ3v) is 2.78. The van der Waals surface area contributed by atoms with Crippen molar-refractivity contribution in [3.63, 3.8) is 0 Å². The van der Waals surface area contributed by atoms with Gasteiger partial charge in [0.15, 0.2) is 0 Å². The van der Waals surface area contributed by atoms with E-state index in [1.165, 1.54) is 13.0 Å². The second-order valence-electron chi connectivity index (χ2n) is 4.50. The Labute approximate surface area is 121 Å². The number of amides is 1. The van der Waals surface area contributed by atoms with Gasteiger partial charge in [-0.05, 0) is 11.6 Å². The number of carbonyl (C=O) groups is 3. The van der Waals surface area contributed by atoms with Crippen LogP contribution in [-0.4, -0.2) is 30.6 Å². The summed E-state index contributed by atoms with van der Waals surface area (Å²) in [5.41, 5.74) is 0.709. The summed E-state index contributed by atoms with van der Waals surface area (Å²) in [7, 11) is 0. The van der Waals surface area contributed by atoms with Gasteiger partial charge in [0.1, 0.15) is 5.70 Å². The highest BCUT2D eigenvalue weighted by atomic mass is 16.6. The molecule has 1 aromatic rings. The van der Waals surface area contributed by atoms with Crippen molar-refractivity contribution in [1.82, 2.24) is 5.32 Å². The van der Waals surface area contributed by atoms with Crippen LogP contribution in [0.3, 0.4) is 0 Å². The molecular formula is C15H15NO5. The first-order valence-electron chi connectivity index (χ1n) is 6.48. The summed E-state index contributed by atoms with van der Waals surface area (Å²) in [6.45, 7) is 1.52. The third-order valence-electron chi connectivity index (χ3n) is 2.78. The van der Waals surface area contributed by atoms with E-state index in [0.717, 1.165) is 5.56 Å². The second kappa shape index (κ2) is 6.69. The molecular weight excluding hydrogens is 274 g/mol. The van der Waals surface area contributed by atoms with E-state index in [9.17, 15) is 14.4 Å². The molecule has 0 bridgehead atoms. The highest BCUT2D eigenvalue weighted by Gasteiger charge is 2.31. The molecule has 1 atom stereocenters. The first-order chi connectivity index (χ1) is 10.1. The average Bonchev–Trinajstić information content (AvgIpc) is 2.84. The molecule has 2 rings (SSSR count). The van der Waals surface area contributed by atoms with Crippen LogP contribution in [0.2, 0.25) is 0 Å². The lowest BCUT2D eigenvalue weighted by Crippen LogP contribution is -2.30. The van der Waals surface area contributed by atoms with Crippen molar-refractivity contribution in [2.24, 2.45) is 0 Å². The summed E-state index contributed by atoms with van der Waals surface area (Å²) in [6, 6.07) is 8.99. The van der Waals surface area contributed by atoms with Crippen molar-refractivity contribution in [1.29, 1.82) is 0 Å². The molecule has 21 heavy (non-hydrogen) atoms. The highest BCUT2D eigenvalue weighted by molar-refractivity contribution is 5.98. The van der Waals surface area contributed by atoms with Crippen molar-refractivity contribution in [3.8, 4) is 0 Å². The van der Waals surface area contributed by atoms with Crippen LogP contribution in [0.25, 0.3) is 6.08 Å². The van der Waals surface area contributed by atoms with E-state index in [1.807, 2.05) is 6.07 Å². The molecule has 6 nitrogen and oxygen atoms in total. The zero-order valence-electron chi connectivity index (χ0n) is 11.5. The molecule has 1 N–H and O–H groups in total. The van der Waals surface area contributed by atoms with E-state index in [1.54, 1.807) is 24.3 Å². The maximum Gasteiger partial charge on any atom is 0.355 e. The molecule has 1 amide bonds. The predicted octanol–water partition coefficient (Wildman–Crippen LogP) is 1.02. The van der Waals surface area contributed by atoms with Crippen LogP contribution in [0.4, 0.5) is 0 Å². The van der Waals surface area contributed by atoms with Gasteiger partial charge in [0.05, 0.1) is 6.61 Å².